The van der Waals surface area contributed by atoms with Gasteiger partial charge in [0.2, 0.25) is 0 Å². The van der Waals surface area contributed by atoms with E-state index in [2.05, 4.69) is 42.4 Å². The van der Waals surface area contributed by atoms with Crippen LogP contribution in [0.2, 0.25) is 23.3 Å². The molecular weight excluding hydrogens is 224 g/mol. The second kappa shape index (κ2) is 5.39. The van der Waals surface area contributed by atoms with Gasteiger partial charge in [-0.15, -0.1) is 5.54 Å². The Morgan fingerprint density at radius 3 is 2.33 bits per heavy atom. The highest BCUT2D eigenvalue weighted by Gasteiger charge is 2.24. The number of hydrogen-bond acceptors (Lipinski definition) is 1. The molecule has 0 aliphatic heterocycles. The molecular formula is C11H17ClN2Si. The molecule has 1 rings (SSSR count). The lowest BCUT2D eigenvalue weighted by molar-refractivity contribution is 1.08. The molecule has 0 spiro atoms. The second-order valence-electron chi connectivity index (χ2n) is 3.70. The highest BCUT2D eigenvalue weighted by molar-refractivity contribution is 6.87. The zero-order valence-electron chi connectivity index (χ0n) is 9.52. The van der Waals surface area contributed by atoms with Crippen LogP contribution in [0.4, 0.5) is 0 Å². The Hall–Kier alpha value is -0.723. The van der Waals surface area contributed by atoms with Crippen molar-refractivity contribution in [2.24, 2.45) is 0 Å². The summed E-state index contributed by atoms with van der Waals surface area (Å²) in [6.45, 7) is 6.73. The first kappa shape index (κ1) is 12.3. The molecule has 15 heavy (non-hydrogen) atoms. The highest BCUT2D eigenvalue weighted by Crippen LogP contribution is 2.19. The Morgan fingerprint density at radius 2 is 1.93 bits per heavy atom. The first-order valence-corrected chi connectivity index (χ1v) is 8.39. The maximum atomic E-state index is 5.71. The van der Waals surface area contributed by atoms with E-state index in [1.165, 1.54) is 18.1 Å². The van der Waals surface area contributed by atoms with Crippen molar-refractivity contribution in [3.05, 3.63) is 16.9 Å². The summed E-state index contributed by atoms with van der Waals surface area (Å²) in [6, 6.07) is 5.42. The topological polar surface area (TPSA) is 28.7 Å². The molecule has 0 aliphatic carbocycles. The third kappa shape index (κ3) is 3.12. The third-order valence-corrected chi connectivity index (χ3v) is 7.95. The predicted octanol–water partition coefficient (Wildman–Crippen LogP) is 3.46. The van der Waals surface area contributed by atoms with Gasteiger partial charge in [-0.3, -0.25) is 5.10 Å². The Morgan fingerprint density at radius 1 is 1.33 bits per heavy atom. The van der Waals surface area contributed by atoms with Crippen molar-refractivity contribution in [3.8, 4) is 11.5 Å². The Balaban J connectivity index is 2.87. The summed E-state index contributed by atoms with van der Waals surface area (Å²) in [6.07, 6.45) is 0. The largest absolute Gasteiger partial charge is 0.268 e. The van der Waals surface area contributed by atoms with Gasteiger partial charge in [-0.05, 0) is 18.1 Å². The standard InChI is InChI=1S/C11H17ClN2Si/c1-4-15(5-2,6-3)8-7-10-9-11(12)14-13-10/h9H,4-6H2,1-3H3,(H,13,14). The summed E-state index contributed by atoms with van der Waals surface area (Å²) in [5.41, 5.74) is 4.30. The number of aromatic amines is 1. The number of nitrogens with one attached hydrogen (secondary N) is 1. The average molecular weight is 241 g/mol. The van der Waals surface area contributed by atoms with Crippen LogP contribution in [-0.4, -0.2) is 18.3 Å². The fourth-order valence-corrected chi connectivity index (χ4v) is 4.16. The summed E-state index contributed by atoms with van der Waals surface area (Å²) in [7, 11) is -1.34. The van der Waals surface area contributed by atoms with Crippen LogP contribution in [0.3, 0.4) is 0 Å². The van der Waals surface area contributed by atoms with Crippen molar-refractivity contribution < 1.29 is 0 Å². The molecule has 0 fully saturated rings. The van der Waals surface area contributed by atoms with E-state index < -0.39 is 8.07 Å². The van der Waals surface area contributed by atoms with E-state index in [9.17, 15) is 0 Å². The molecule has 4 heteroatoms. The molecule has 0 saturated heterocycles. The lowest BCUT2D eigenvalue weighted by atomic mass is 10.5. The van der Waals surface area contributed by atoms with Gasteiger partial charge in [0.05, 0.1) is 0 Å². The van der Waals surface area contributed by atoms with E-state index >= 15 is 0 Å². The Kier molecular flexibility index (Phi) is 4.43. The zero-order valence-corrected chi connectivity index (χ0v) is 11.3. The number of halogens is 1. The molecule has 0 radical (unpaired) electrons. The van der Waals surface area contributed by atoms with Gasteiger partial charge in [-0.1, -0.05) is 38.3 Å². The number of hydrogen-bond donors (Lipinski definition) is 1. The minimum atomic E-state index is -1.34. The van der Waals surface area contributed by atoms with Gasteiger partial charge in [0.25, 0.3) is 0 Å². The Bertz CT molecular complexity index is 363. The van der Waals surface area contributed by atoms with Gasteiger partial charge >= 0.3 is 0 Å². The minimum Gasteiger partial charge on any atom is -0.268 e. The van der Waals surface area contributed by atoms with E-state index in [4.69, 9.17) is 11.6 Å². The molecule has 82 valence electrons. The van der Waals surface area contributed by atoms with Gasteiger partial charge in [-0.25, -0.2) is 0 Å². The first-order valence-electron chi connectivity index (χ1n) is 5.40. The Labute approximate surface area is 97.4 Å². The molecule has 0 aromatic carbocycles. The minimum absolute atomic E-state index is 0.482. The normalized spacial score (nSPS) is 10.9. The van der Waals surface area contributed by atoms with Crippen LogP contribution in [0.15, 0.2) is 6.07 Å². The van der Waals surface area contributed by atoms with E-state index in [1.807, 2.05) is 0 Å². The van der Waals surface area contributed by atoms with Crippen LogP contribution >= 0.6 is 11.6 Å². The molecule has 0 atom stereocenters. The molecule has 1 aromatic rings. The number of nitrogens with zero attached hydrogens (tertiary/aromatic N) is 1. The summed E-state index contributed by atoms with van der Waals surface area (Å²) < 4.78 is 0. The fraction of sp³-hybridized carbons (Fsp3) is 0.545. The molecule has 0 bridgehead atoms. The van der Waals surface area contributed by atoms with E-state index in [0.29, 0.717) is 5.15 Å². The van der Waals surface area contributed by atoms with E-state index in [0.717, 1.165) is 5.69 Å². The fourth-order valence-electron chi connectivity index (χ4n) is 1.58. The SMILES string of the molecule is CC[Si](C#Cc1cc(Cl)n[nH]1)(CC)CC. The predicted molar refractivity (Wildman–Crippen MR) is 67.7 cm³/mol. The number of H-pyrrole nitrogens is 1. The van der Waals surface area contributed by atoms with Gasteiger partial charge in [0.15, 0.2) is 5.15 Å². The van der Waals surface area contributed by atoms with Crippen molar-refractivity contribution in [1.82, 2.24) is 10.2 Å². The first-order chi connectivity index (χ1) is 7.15. The van der Waals surface area contributed by atoms with Crippen LogP contribution in [0.25, 0.3) is 0 Å². The summed E-state index contributed by atoms with van der Waals surface area (Å²) >= 11 is 5.71. The smallest absolute Gasteiger partial charge is 0.152 e. The second-order valence-corrected chi connectivity index (χ2v) is 9.01. The van der Waals surface area contributed by atoms with Crippen LogP contribution in [0.5, 0.6) is 0 Å². The zero-order chi connectivity index (χ0) is 11.3. The van der Waals surface area contributed by atoms with Crippen molar-refractivity contribution in [3.63, 3.8) is 0 Å². The van der Waals surface area contributed by atoms with Crippen molar-refractivity contribution >= 4 is 19.7 Å². The van der Waals surface area contributed by atoms with Crippen LogP contribution < -0.4 is 0 Å². The summed E-state index contributed by atoms with van der Waals surface area (Å²) in [5, 5.41) is 7.15. The summed E-state index contributed by atoms with van der Waals surface area (Å²) in [4.78, 5) is 0. The van der Waals surface area contributed by atoms with Gasteiger partial charge in [0, 0.05) is 6.07 Å². The summed E-state index contributed by atoms with van der Waals surface area (Å²) in [5.74, 6) is 3.17. The van der Waals surface area contributed by atoms with Crippen LogP contribution in [0, 0.1) is 11.5 Å². The average Bonchev–Trinajstić information content (AvgIpc) is 2.67. The van der Waals surface area contributed by atoms with Crippen molar-refractivity contribution in [1.29, 1.82) is 0 Å². The maximum absolute atomic E-state index is 5.71. The molecule has 0 saturated carbocycles. The molecule has 1 aromatic heterocycles. The molecule has 1 heterocycles. The van der Waals surface area contributed by atoms with Gasteiger partial charge in [-0.2, -0.15) is 5.10 Å². The van der Waals surface area contributed by atoms with Crippen LogP contribution in [-0.2, 0) is 0 Å². The maximum Gasteiger partial charge on any atom is 0.152 e. The van der Waals surface area contributed by atoms with E-state index in [1.54, 1.807) is 6.07 Å². The lowest BCUT2D eigenvalue weighted by Crippen LogP contribution is -2.29. The molecule has 0 unspecified atom stereocenters. The molecule has 0 amide bonds. The van der Waals surface area contributed by atoms with Crippen molar-refractivity contribution in [2.45, 2.75) is 38.9 Å². The molecule has 0 aliphatic rings. The van der Waals surface area contributed by atoms with Crippen molar-refractivity contribution in [2.75, 3.05) is 0 Å². The highest BCUT2D eigenvalue weighted by atomic mass is 35.5. The third-order valence-electron chi connectivity index (χ3n) is 3.04. The monoisotopic (exact) mass is 240 g/mol. The van der Waals surface area contributed by atoms with Gasteiger partial charge in [0.1, 0.15) is 13.8 Å². The molecule has 2 nitrogen and oxygen atoms in total. The number of rotatable bonds is 3. The lowest BCUT2D eigenvalue weighted by Gasteiger charge is -2.19. The van der Waals surface area contributed by atoms with Crippen LogP contribution in [0.1, 0.15) is 26.5 Å². The number of aromatic nitrogens is 2. The van der Waals surface area contributed by atoms with Gasteiger partial charge < -0.3 is 0 Å². The quantitative estimate of drug-likeness (QED) is 0.636. The van der Waals surface area contributed by atoms with E-state index in [-0.39, 0.29) is 0 Å². The molecule has 1 N–H and O–H groups in total.